The zero-order valence-corrected chi connectivity index (χ0v) is 18.4. The first kappa shape index (κ1) is 21.3. The van der Waals surface area contributed by atoms with E-state index < -0.39 is 0 Å². The third-order valence-electron chi connectivity index (χ3n) is 5.47. The van der Waals surface area contributed by atoms with Crippen LogP contribution in [0.25, 0.3) is 0 Å². The van der Waals surface area contributed by atoms with Gasteiger partial charge in [0, 0.05) is 49.5 Å². The number of nitrogens with one attached hydrogen (secondary N) is 1. The first-order chi connectivity index (χ1) is 10.8. The van der Waals surface area contributed by atoms with Gasteiger partial charge < -0.3 is 14.8 Å². The molecule has 0 spiro atoms. The maximum atomic E-state index is 4.84. The van der Waals surface area contributed by atoms with Crippen LogP contribution >= 0.6 is 24.0 Å². The second-order valence-corrected chi connectivity index (χ2v) is 7.64. The molecule has 2 heterocycles. The van der Waals surface area contributed by atoms with Crippen molar-refractivity contribution < 1.29 is 0 Å². The van der Waals surface area contributed by atoms with Crippen molar-refractivity contribution in [2.75, 3.05) is 19.6 Å². The van der Waals surface area contributed by atoms with Crippen molar-refractivity contribution in [3.05, 3.63) is 18.2 Å². The van der Waals surface area contributed by atoms with Crippen molar-refractivity contribution in [3.8, 4) is 0 Å². The van der Waals surface area contributed by atoms with E-state index >= 15 is 0 Å². The summed E-state index contributed by atoms with van der Waals surface area (Å²) in [7, 11) is 0. The van der Waals surface area contributed by atoms with E-state index in [-0.39, 0.29) is 29.5 Å². The molecule has 0 radical (unpaired) electrons. The van der Waals surface area contributed by atoms with Gasteiger partial charge in [-0.25, -0.2) is 4.98 Å². The number of halogens is 1. The summed E-state index contributed by atoms with van der Waals surface area (Å²) in [5.41, 5.74) is 0.490. The molecule has 138 valence electrons. The first-order valence-electron chi connectivity index (χ1n) is 8.83. The van der Waals surface area contributed by atoms with Crippen molar-refractivity contribution in [2.24, 2.45) is 10.4 Å². The van der Waals surface area contributed by atoms with Crippen LogP contribution in [0.4, 0.5) is 0 Å². The number of aliphatic imine (C=N–C) groups is 1. The lowest BCUT2D eigenvalue weighted by Gasteiger charge is -2.62. The average molecular weight is 447 g/mol. The summed E-state index contributed by atoms with van der Waals surface area (Å²) in [5, 5.41) is 3.45. The number of guanidine groups is 1. The van der Waals surface area contributed by atoms with Crippen molar-refractivity contribution in [1.82, 2.24) is 19.8 Å². The highest BCUT2D eigenvalue weighted by molar-refractivity contribution is 14.0. The van der Waals surface area contributed by atoms with Crippen molar-refractivity contribution in [3.63, 3.8) is 0 Å². The highest BCUT2D eigenvalue weighted by Gasteiger charge is 2.53. The first-order valence-corrected chi connectivity index (χ1v) is 8.83. The molecule has 24 heavy (non-hydrogen) atoms. The van der Waals surface area contributed by atoms with E-state index in [4.69, 9.17) is 4.99 Å². The molecule has 1 saturated heterocycles. The molecule has 1 aromatic rings. The zero-order chi connectivity index (χ0) is 17.1. The number of hydrogen-bond donors (Lipinski definition) is 1. The highest BCUT2D eigenvalue weighted by atomic mass is 127. The van der Waals surface area contributed by atoms with Gasteiger partial charge in [-0.3, -0.25) is 4.99 Å². The molecule has 1 aliphatic rings. The molecule has 0 aliphatic carbocycles. The van der Waals surface area contributed by atoms with E-state index in [9.17, 15) is 0 Å². The van der Waals surface area contributed by atoms with Gasteiger partial charge in [-0.1, -0.05) is 13.8 Å². The monoisotopic (exact) mass is 447 g/mol. The summed E-state index contributed by atoms with van der Waals surface area (Å²) < 4.78 is 2.20. The number of likely N-dealkylation sites (tertiary alicyclic amines) is 1. The second kappa shape index (κ2) is 8.54. The van der Waals surface area contributed by atoms with Crippen LogP contribution in [0.1, 0.15) is 53.3 Å². The van der Waals surface area contributed by atoms with Gasteiger partial charge in [0.1, 0.15) is 5.82 Å². The molecule has 5 nitrogen and oxygen atoms in total. The van der Waals surface area contributed by atoms with Crippen molar-refractivity contribution in [2.45, 2.75) is 66.5 Å². The van der Waals surface area contributed by atoms with Crippen molar-refractivity contribution in [1.29, 1.82) is 0 Å². The van der Waals surface area contributed by atoms with Gasteiger partial charge in [0.2, 0.25) is 0 Å². The van der Waals surface area contributed by atoms with Gasteiger partial charge in [-0.2, -0.15) is 0 Å². The molecule has 6 heteroatoms. The van der Waals surface area contributed by atoms with Gasteiger partial charge in [0.25, 0.3) is 0 Å². The number of rotatable bonds is 6. The topological polar surface area (TPSA) is 45.5 Å². The molecular formula is C18H34IN5. The smallest absolute Gasteiger partial charge is 0.194 e. The molecule has 0 aromatic carbocycles. The number of imidazole rings is 1. The van der Waals surface area contributed by atoms with E-state index in [1.807, 2.05) is 12.4 Å². The molecule has 0 amide bonds. The van der Waals surface area contributed by atoms with Gasteiger partial charge in [-0.05, 0) is 40.5 Å². The fourth-order valence-electron chi connectivity index (χ4n) is 3.01. The largest absolute Gasteiger partial charge is 0.356 e. The van der Waals surface area contributed by atoms with Crippen LogP contribution in [0.2, 0.25) is 0 Å². The average Bonchev–Trinajstić information content (AvgIpc) is 2.89. The molecule has 0 saturated carbocycles. The van der Waals surface area contributed by atoms with Gasteiger partial charge in [-0.15, -0.1) is 24.0 Å². The van der Waals surface area contributed by atoms with Crippen LogP contribution in [0, 0.1) is 12.3 Å². The third-order valence-corrected chi connectivity index (χ3v) is 5.47. The van der Waals surface area contributed by atoms with E-state index in [1.165, 1.54) is 0 Å². The van der Waals surface area contributed by atoms with Gasteiger partial charge in [0.15, 0.2) is 5.96 Å². The molecule has 1 fully saturated rings. The van der Waals surface area contributed by atoms with E-state index in [2.05, 4.69) is 61.3 Å². The van der Waals surface area contributed by atoms with Crippen LogP contribution in [-0.4, -0.2) is 45.6 Å². The lowest BCUT2D eigenvalue weighted by molar-refractivity contribution is -0.0667. The molecule has 1 aliphatic heterocycles. The fourth-order valence-corrected chi connectivity index (χ4v) is 3.01. The van der Waals surface area contributed by atoms with Gasteiger partial charge in [0.05, 0.1) is 0 Å². The summed E-state index contributed by atoms with van der Waals surface area (Å²) in [6.45, 7) is 17.4. The summed E-state index contributed by atoms with van der Waals surface area (Å²) in [6, 6.07) is 0. The molecule has 0 atom stereocenters. The Labute approximate surface area is 164 Å². The van der Waals surface area contributed by atoms with Crippen LogP contribution in [0.15, 0.2) is 17.4 Å². The Balaban J connectivity index is 0.00000288. The van der Waals surface area contributed by atoms with Gasteiger partial charge >= 0.3 is 0 Å². The lowest BCUT2D eigenvalue weighted by Crippen LogP contribution is -2.72. The maximum Gasteiger partial charge on any atom is 0.194 e. The molecule has 2 rings (SSSR count). The molecule has 1 aromatic heterocycles. The van der Waals surface area contributed by atoms with Crippen LogP contribution < -0.4 is 5.32 Å². The molecule has 1 N–H and O–H groups in total. The number of aryl methyl sites for hydroxylation is 2. The standard InChI is InChI=1S/C18H33N5.HI/c1-7-19-16(23-14-17(3,4)18(23,5)6)21-10-8-9-12-22-13-11-20-15(22)2;/h11,13H,7-10,12,14H2,1-6H3,(H,19,21);1H. The zero-order valence-electron chi connectivity index (χ0n) is 16.1. The van der Waals surface area contributed by atoms with Crippen LogP contribution in [0.3, 0.4) is 0 Å². The third kappa shape index (κ3) is 4.43. The van der Waals surface area contributed by atoms with Crippen molar-refractivity contribution >= 4 is 29.9 Å². The van der Waals surface area contributed by atoms with Crippen LogP contribution in [-0.2, 0) is 6.54 Å². The lowest BCUT2D eigenvalue weighted by atomic mass is 9.65. The minimum Gasteiger partial charge on any atom is -0.356 e. The predicted molar refractivity (Wildman–Crippen MR) is 112 cm³/mol. The molecule has 0 unspecified atom stereocenters. The maximum absolute atomic E-state index is 4.84. The SMILES string of the molecule is CCNC(=NCCCCn1ccnc1C)N1CC(C)(C)C1(C)C.I. The second-order valence-electron chi connectivity index (χ2n) is 7.64. The quantitative estimate of drug-likeness (QED) is 0.313. The number of aromatic nitrogens is 2. The Morgan fingerprint density at radius 3 is 2.50 bits per heavy atom. The Morgan fingerprint density at radius 2 is 2.00 bits per heavy atom. The fraction of sp³-hybridized carbons (Fsp3) is 0.778. The number of hydrogen-bond acceptors (Lipinski definition) is 2. The number of nitrogens with zero attached hydrogens (tertiary/aromatic N) is 4. The summed E-state index contributed by atoms with van der Waals surface area (Å²) in [6.07, 6.45) is 6.15. The highest BCUT2D eigenvalue weighted by Crippen LogP contribution is 2.46. The van der Waals surface area contributed by atoms with Crippen LogP contribution in [0.5, 0.6) is 0 Å². The minimum absolute atomic E-state index is 0. The minimum atomic E-state index is 0. The normalized spacial score (nSPS) is 18.8. The predicted octanol–water partition coefficient (Wildman–Crippen LogP) is 3.68. The summed E-state index contributed by atoms with van der Waals surface area (Å²) >= 11 is 0. The molecular weight excluding hydrogens is 413 g/mol. The van der Waals surface area contributed by atoms with E-state index in [1.54, 1.807) is 0 Å². The Hall–Kier alpha value is -0.790. The van der Waals surface area contributed by atoms with E-state index in [0.717, 1.165) is 50.8 Å². The Bertz CT molecular complexity index is 547. The summed E-state index contributed by atoms with van der Waals surface area (Å²) in [5.74, 6) is 2.15. The number of unbranched alkanes of at least 4 members (excludes halogenated alkanes) is 1. The Morgan fingerprint density at radius 1 is 1.29 bits per heavy atom. The van der Waals surface area contributed by atoms with E-state index in [0.29, 0.717) is 5.41 Å². The Kier molecular flexibility index (Phi) is 7.56. The molecule has 0 bridgehead atoms. The summed E-state index contributed by atoms with van der Waals surface area (Å²) in [4.78, 5) is 11.5.